The summed E-state index contributed by atoms with van der Waals surface area (Å²) in [6.07, 6.45) is 1.84. The van der Waals surface area contributed by atoms with Crippen molar-refractivity contribution in [1.82, 2.24) is 20.4 Å². The molecule has 6 nitrogen and oxygen atoms in total. The van der Waals surface area contributed by atoms with Gasteiger partial charge in [0.05, 0.1) is 11.7 Å². The van der Waals surface area contributed by atoms with Crippen LogP contribution in [0.2, 0.25) is 0 Å². The molecule has 1 fully saturated rings. The SMILES string of the molecule is Cn1ncc2cc(-c3ccc([C@H]4NC(=O)NC4=O)cc3)ccc21. The van der Waals surface area contributed by atoms with E-state index < -0.39 is 12.1 Å². The molecule has 0 radical (unpaired) electrons. The summed E-state index contributed by atoms with van der Waals surface area (Å²) in [7, 11) is 1.91. The van der Waals surface area contributed by atoms with Gasteiger partial charge in [-0.1, -0.05) is 30.3 Å². The van der Waals surface area contributed by atoms with Gasteiger partial charge in [0.25, 0.3) is 5.91 Å². The predicted molar refractivity (Wildman–Crippen MR) is 85.6 cm³/mol. The summed E-state index contributed by atoms with van der Waals surface area (Å²) in [6.45, 7) is 0. The van der Waals surface area contributed by atoms with Crippen LogP contribution in [0.4, 0.5) is 4.79 Å². The number of hydrogen-bond donors (Lipinski definition) is 2. The maximum absolute atomic E-state index is 11.7. The summed E-state index contributed by atoms with van der Waals surface area (Å²) in [6, 6.07) is 12.7. The fourth-order valence-corrected chi connectivity index (χ4v) is 2.86. The van der Waals surface area contributed by atoms with Gasteiger partial charge in [-0.15, -0.1) is 0 Å². The Hall–Kier alpha value is -3.15. The Morgan fingerprint density at radius 3 is 2.48 bits per heavy atom. The Labute approximate surface area is 132 Å². The minimum absolute atomic E-state index is 0.320. The van der Waals surface area contributed by atoms with Gasteiger partial charge in [0.1, 0.15) is 6.04 Å². The summed E-state index contributed by atoms with van der Waals surface area (Å²) in [5.74, 6) is -0.320. The van der Waals surface area contributed by atoms with Crippen LogP contribution < -0.4 is 10.6 Å². The lowest BCUT2D eigenvalue weighted by atomic mass is 10.00. The first kappa shape index (κ1) is 13.5. The summed E-state index contributed by atoms with van der Waals surface area (Å²) >= 11 is 0. The summed E-state index contributed by atoms with van der Waals surface area (Å²) in [5, 5.41) is 10.2. The first-order valence-electron chi connectivity index (χ1n) is 7.25. The van der Waals surface area contributed by atoms with Crippen molar-refractivity contribution in [3.63, 3.8) is 0 Å². The molecule has 0 unspecified atom stereocenters. The molecule has 1 atom stereocenters. The Bertz CT molecular complexity index is 927. The minimum Gasteiger partial charge on any atom is -0.322 e. The van der Waals surface area contributed by atoms with E-state index in [4.69, 9.17) is 0 Å². The first-order valence-corrected chi connectivity index (χ1v) is 7.25. The fourth-order valence-electron chi connectivity index (χ4n) is 2.86. The van der Waals surface area contributed by atoms with E-state index in [2.05, 4.69) is 21.8 Å². The molecule has 4 rings (SSSR count). The minimum atomic E-state index is -0.614. The molecule has 0 spiro atoms. The smallest absolute Gasteiger partial charge is 0.322 e. The van der Waals surface area contributed by atoms with Crippen molar-refractivity contribution in [2.45, 2.75) is 6.04 Å². The van der Waals surface area contributed by atoms with Crippen molar-refractivity contribution in [1.29, 1.82) is 0 Å². The van der Waals surface area contributed by atoms with Crippen molar-refractivity contribution >= 4 is 22.8 Å². The highest BCUT2D eigenvalue weighted by molar-refractivity contribution is 6.04. The molecular weight excluding hydrogens is 292 g/mol. The van der Waals surface area contributed by atoms with Gasteiger partial charge in [-0.25, -0.2) is 4.79 Å². The van der Waals surface area contributed by atoms with Crippen molar-refractivity contribution < 1.29 is 9.59 Å². The van der Waals surface area contributed by atoms with Gasteiger partial charge < -0.3 is 5.32 Å². The van der Waals surface area contributed by atoms with Crippen molar-refractivity contribution in [2.75, 3.05) is 0 Å². The number of nitrogens with zero attached hydrogens (tertiary/aromatic N) is 2. The number of amides is 3. The molecule has 2 N–H and O–H groups in total. The number of carbonyl (C=O) groups excluding carboxylic acids is 2. The average Bonchev–Trinajstić information content (AvgIpc) is 3.09. The monoisotopic (exact) mass is 306 g/mol. The highest BCUT2D eigenvalue weighted by Gasteiger charge is 2.30. The second kappa shape index (κ2) is 4.95. The maximum Gasteiger partial charge on any atom is 0.322 e. The van der Waals surface area contributed by atoms with Crippen LogP contribution >= 0.6 is 0 Å². The van der Waals surface area contributed by atoms with Crippen LogP contribution in [0.1, 0.15) is 11.6 Å². The first-order chi connectivity index (χ1) is 11.1. The third kappa shape index (κ3) is 2.24. The Balaban J connectivity index is 1.66. The van der Waals surface area contributed by atoms with Gasteiger partial charge in [0.2, 0.25) is 0 Å². The number of aromatic nitrogens is 2. The van der Waals surface area contributed by atoms with Crippen LogP contribution in [0.5, 0.6) is 0 Å². The Morgan fingerprint density at radius 2 is 1.78 bits per heavy atom. The third-order valence-corrected chi connectivity index (χ3v) is 4.10. The zero-order valence-corrected chi connectivity index (χ0v) is 12.4. The Kier molecular flexibility index (Phi) is 2.90. The van der Waals surface area contributed by atoms with Crippen molar-refractivity contribution in [3.05, 3.63) is 54.2 Å². The molecule has 0 bridgehead atoms. The predicted octanol–water partition coefficient (Wildman–Crippen LogP) is 2.12. The highest BCUT2D eigenvalue weighted by atomic mass is 16.2. The molecule has 3 amide bonds. The van der Waals surface area contributed by atoms with Gasteiger partial charge in [-0.05, 0) is 28.8 Å². The van der Waals surface area contributed by atoms with E-state index in [1.165, 1.54) is 0 Å². The van der Waals surface area contributed by atoms with E-state index >= 15 is 0 Å². The van der Waals surface area contributed by atoms with Gasteiger partial charge in [0, 0.05) is 12.4 Å². The molecule has 1 saturated heterocycles. The summed E-state index contributed by atoms with van der Waals surface area (Å²) < 4.78 is 1.84. The number of fused-ring (bicyclic) bond motifs is 1. The molecule has 23 heavy (non-hydrogen) atoms. The molecule has 1 aliphatic heterocycles. The lowest BCUT2D eigenvalue weighted by molar-refractivity contribution is -0.120. The van der Waals surface area contributed by atoms with E-state index in [-0.39, 0.29) is 5.91 Å². The van der Waals surface area contributed by atoms with Gasteiger partial charge in [0.15, 0.2) is 0 Å². The quantitative estimate of drug-likeness (QED) is 0.712. The largest absolute Gasteiger partial charge is 0.322 e. The number of nitrogens with one attached hydrogen (secondary N) is 2. The van der Waals surface area contributed by atoms with Crippen LogP contribution in [-0.2, 0) is 11.8 Å². The zero-order chi connectivity index (χ0) is 16.0. The highest BCUT2D eigenvalue weighted by Crippen LogP contribution is 2.26. The lowest BCUT2D eigenvalue weighted by Gasteiger charge is -2.09. The number of urea groups is 1. The number of imide groups is 1. The molecule has 3 aromatic rings. The fraction of sp³-hybridized carbons (Fsp3) is 0.118. The topological polar surface area (TPSA) is 76.0 Å². The molecule has 1 aromatic heterocycles. The summed E-state index contributed by atoms with van der Waals surface area (Å²) in [5.41, 5.74) is 3.97. The maximum atomic E-state index is 11.7. The van der Waals surface area contributed by atoms with E-state index in [9.17, 15) is 9.59 Å². The number of carbonyl (C=O) groups is 2. The van der Waals surface area contributed by atoms with Crippen LogP contribution in [0.3, 0.4) is 0 Å². The van der Waals surface area contributed by atoms with E-state index in [1.54, 1.807) is 0 Å². The molecule has 114 valence electrons. The number of aryl methyl sites for hydroxylation is 1. The van der Waals surface area contributed by atoms with E-state index in [1.807, 2.05) is 54.3 Å². The van der Waals surface area contributed by atoms with Crippen LogP contribution in [0.15, 0.2) is 48.7 Å². The van der Waals surface area contributed by atoms with Crippen LogP contribution in [0, 0.1) is 0 Å². The van der Waals surface area contributed by atoms with Crippen LogP contribution in [-0.4, -0.2) is 21.7 Å². The number of benzene rings is 2. The molecule has 2 heterocycles. The number of hydrogen-bond acceptors (Lipinski definition) is 3. The van der Waals surface area contributed by atoms with Crippen LogP contribution in [0.25, 0.3) is 22.0 Å². The molecular formula is C17H14N4O2. The molecule has 0 saturated carbocycles. The number of rotatable bonds is 2. The normalized spacial score (nSPS) is 17.3. The standard InChI is InChI=1S/C17H14N4O2/c1-21-14-7-6-12(8-13(14)9-18-21)10-2-4-11(5-3-10)15-16(22)20-17(23)19-15/h2-9,15H,1H3,(H2,19,20,22,23)/t15-/m1/s1. The summed E-state index contributed by atoms with van der Waals surface area (Å²) in [4.78, 5) is 22.9. The lowest BCUT2D eigenvalue weighted by Crippen LogP contribution is -2.22. The third-order valence-electron chi connectivity index (χ3n) is 4.10. The molecule has 2 aromatic carbocycles. The average molecular weight is 306 g/mol. The van der Waals surface area contributed by atoms with Gasteiger partial charge in [-0.2, -0.15) is 5.10 Å². The van der Waals surface area contributed by atoms with E-state index in [0.717, 1.165) is 27.6 Å². The van der Waals surface area contributed by atoms with Crippen molar-refractivity contribution in [3.8, 4) is 11.1 Å². The zero-order valence-electron chi connectivity index (χ0n) is 12.4. The van der Waals surface area contributed by atoms with Gasteiger partial charge >= 0.3 is 6.03 Å². The second-order valence-corrected chi connectivity index (χ2v) is 5.56. The second-order valence-electron chi connectivity index (χ2n) is 5.56. The molecule has 6 heteroatoms. The molecule has 1 aliphatic rings. The van der Waals surface area contributed by atoms with E-state index in [0.29, 0.717) is 0 Å². The van der Waals surface area contributed by atoms with Crippen molar-refractivity contribution in [2.24, 2.45) is 7.05 Å². The van der Waals surface area contributed by atoms with Gasteiger partial charge in [-0.3, -0.25) is 14.8 Å². The molecule has 0 aliphatic carbocycles. The Morgan fingerprint density at radius 1 is 1.04 bits per heavy atom.